The SMILES string of the molecule is CC[C@@]12CCC3(O1)C(C(=O)NCn1nnc4ccccc41)N(CCO)C(=O)[C@@H]3[C@@H]2C(=O)Nc1ccccc1. The van der Waals surface area contributed by atoms with Gasteiger partial charge in [0.2, 0.25) is 17.7 Å². The lowest BCUT2D eigenvalue weighted by molar-refractivity contribution is -0.147. The number of amides is 3. The number of aliphatic hydroxyl groups excluding tert-OH is 1. The van der Waals surface area contributed by atoms with E-state index in [4.69, 9.17) is 4.74 Å². The highest BCUT2D eigenvalue weighted by atomic mass is 16.5. The number of aromatic nitrogens is 3. The first kappa shape index (κ1) is 24.5. The molecular weight excluding hydrogens is 488 g/mol. The standard InChI is InChI=1S/C27H30N6O5/c1-2-26-12-13-27(38-26)21(20(26)23(35)29-17-8-4-3-5-9-17)25(37)32(14-15-34)22(27)24(36)28-16-33-19-11-7-6-10-18(19)30-31-33/h3-11,20-22,34H,2,12-16H2,1H3,(H,28,36)(H,29,35)/t20-,21+,22?,26+,27?/m1/s1. The molecule has 1 aromatic heterocycles. The average Bonchev–Trinajstić information content (AvgIpc) is 3.65. The first-order valence-corrected chi connectivity index (χ1v) is 13.0. The van der Waals surface area contributed by atoms with E-state index < -0.39 is 35.0 Å². The van der Waals surface area contributed by atoms with Crippen LogP contribution in [0.4, 0.5) is 5.69 Å². The van der Waals surface area contributed by atoms with Crippen molar-refractivity contribution in [1.82, 2.24) is 25.2 Å². The zero-order valence-electron chi connectivity index (χ0n) is 21.0. The van der Waals surface area contributed by atoms with Gasteiger partial charge in [-0.1, -0.05) is 42.5 Å². The number of hydrogen-bond donors (Lipinski definition) is 3. The zero-order valence-corrected chi connectivity index (χ0v) is 21.0. The van der Waals surface area contributed by atoms with E-state index in [0.717, 1.165) is 5.52 Å². The van der Waals surface area contributed by atoms with Crippen molar-refractivity contribution in [3.05, 3.63) is 54.6 Å². The predicted octanol–water partition coefficient (Wildman–Crippen LogP) is 1.29. The fraction of sp³-hybridized carbons (Fsp3) is 0.444. The van der Waals surface area contributed by atoms with Crippen LogP contribution in [0.2, 0.25) is 0 Å². The van der Waals surface area contributed by atoms with Gasteiger partial charge in [0.05, 0.1) is 29.6 Å². The molecule has 2 unspecified atom stereocenters. The second kappa shape index (κ2) is 9.17. The van der Waals surface area contributed by atoms with Gasteiger partial charge in [0.1, 0.15) is 23.8 Å². The summed E-state index contributed by atoms with van der Waals surface area (Å²) in [6.07, 6.45) is 1.56. The van der Waals surface area contributed by atoms with E-state index in [-0.39, 0.29) is 31.6 Å². The Kier molecular flexibility index (Phi) is 5.92. The molecule has 11 heteroatoms. The minimum Gasteiger partial charge on any atom is -0.395 e. The molecule has 1 spiro atoms. The molecule has 2 aromatic carbocycles. The van der Waals surface area contributed by atoms with Gasteiger partial charge in [0.15, 0.2) is 0 Å². The second-order valence-electron chi connectivity index (χ2n) is 10.2. The number of nitrogens with zero attached hydrogens (tertiary/aromatic N) is 4. The smallest absolute Gasteiger partial charge is 0.247 e. The first-order valence-electron chi connectivity index (χ1n) is 13.0. The lowest BCUT2D eigenvalue weighted by atomic mass is 9.65. The minimum atomic E-state index is -1.16. The predicted molar refractivity (Wildman–Crippen MR) is 136 cm³/mol. The maximum Gasteiger partial charge on any atom is 0.247 e. The Balaban J connectivity index is 1.31. The van der Waals surface area contributed by atoms with Crippen LogP contribution < -0.4 is 10.6 Å². The van der Waals surface area contributed by atoms with Gasteiger partial charge in [-0.15, -0.1) is 5.10 Å². The van der Waals surface area contributed by atoms with E-state index in [0.29, 0.717) is 30.5 Å². The average molecular weight is 519 g/mol. The highest BCUT2D eigenvalue weighted by molar-refractivity contribution is 6.02. The number of fused-ring (bicyclic) bond motifs is 2. The van der Waals surface area contributed by atoms with Crippen molar-refractivity contribution in [2.45, 2.75) is 50.1 Å². The zero-order chi connectivity index (χ0) is 26.5. The number of benzene rings is 2. The van der Waals surface area contributed by atoms with Crippen molar-refractivity contribution >= 4 is 34.4 Å². The van der Waals surface area contributed by atoms with Gasteiger partial charge in [0.25, 0.3) is 0 Å². The lowest BCUT2D eigenvalue weighted by Gasteiger charge is -2.33. The number of likely N-dealkylation sites (tertiary alicyclic amines) is 1. The second-order valence-corrected chi connectivity index (χ2v) is 10.2. The molecular formula is C27H30N6O5. The Morgan fingerprint density at radius 2 is 1.87 bits per heavy atom. The quantitative estimate of drug-likeness (QED) is 0.408. The number of rotatable bonds is 8. The number of ether oxygens (including phenoxy) is 1. The van der Waals surface area contributed by atoms with Gasteiger partial charge in [-0.3, -0.25) is 14.4 Å². The Morgan fingerprint density at radius 3 is 2.63 bits per heavy atom. The van der Waals surface area contributed by atoms with Crippen LogP contribution in [0.1, 0.15) is 26.2 Å². The summed E-state index contributed by atoms with van der Waals surface area (Å²) < 4.78 is 8.26. The van der Waals surface area contributed by atoms with E-state index in [2.05, 4.69) is 20.9 Å². The largest absolute Gasteiger partial charge is 0.395 e. The van der Waals surface area contributed by atoms with Gasteiger partial charge >= 0.3 is 0 Å². The number of hydrogen-bond acceptors (Lipinski definition) is 7. The summed E-state index contributed by atoms with van der Waals surface area (Å²) in [6, 6.07) is 15.5. The molecule has 3 aliphatic rings. The van der Waals surface area contributed by atoms with Gasteiger partial charge < -0.3 is 25.4 Å². The molecule has 0 saturated carbocycles. The summed E-state index contributed by atoms with van der Waals surface area (Å²) in [6.45, 7) is 1.65. The van der Waals surface area contributed by atoms with E-state index >= 15 is 0 Å². The van der Waals surface area contributed by atoms with Gasteiger partial charge in [-0.05, 0) is 43.5 Å². The van der Waals surface area contributed by atoms with Crippen molar-refractivity contribution < 1.29 is 24.2 Å². The minimum absolute atomic E-state index is 0.0308. The monoisotopic (exact) mass is 518 g/mol. The molecule has 5 atom stereocenters. The summed E-state index contributed by atoms with van der Waals surface area (Å²) in [4.78, 5) is 42.7. The van der Waals surface area contributed by atoms with Crippen molar-refractivity contribution in [3.63, 3.8) is 0 Å². The molecule has 2 bridgehead atoms. The summed E-state index contributed by atoms with van der Waals surface area (Å²) in [7, 11) is 0. The van der Waals surface area contributed by atoms with Crippen LogP contribution in [-0.2, 0) is 25.8 Å². The fourth-order valence-corrected chi connectivity index (χ4v) is 6.79. The third kappa shape index (κ3) is 3.52. The number of β-amino-alcohol motifs (C(OH)–C–C–N with tert-alkyl or cyclic N) is 1. The van der Waals surface area contributed by atoms with Crippen LogP contribution in [0.5, 0.6) is 0 Å². The first-order chi connectivity index (χ1) is 18.4. The van der Waals surface area contributed by atoms with Gasteiger partial charge in [-0.2, -0.15) is 0 Å². The van der Waals surface area contributed by atoms with Crippen molar-refractivity contribution in [2.24, 2.45) is 11.8 Å². The van der Waals surface area contributed by atoms with Crippen LogP contribution in [0.3, 0.4) is 0 Å². The summed E-state index contributed by atoms with van der Waals surface area (Å²) in [5, 5.41) is 23.9. The van der Waals surface area contributed by atoms with Crippen molar-refractivity contribution in [3.8, 4) is 0 Å². The molecule has 3 amide bonds. The Hall–Kier alpha value is -3.83. The van der Waals surface area contributed by atoms with Crippen molar-refractivity contribution in [1.29, 1.82) is 0 Å². The van der Waals surface area contributed by atoms with Crippen LogP contribution in [-0.4, -0.2) is 73.1 Å². The lowest BCUT2D eigenvalue weighted by Crippen LogP contribution is -2.55. The summed E-state index contributed by atoms with van der Waals surface area (Å²) in [5.41, 5.74) is 0.0979. The highest BCUT2D eigenvalue weighted by Crippen LogP contribution is 2.64. The summed E-state index contributed by atoms with van der Waals surface area (Å²) >= 11 is 0. The third-order valence-electron chi connectivity index (χ3n) is 8.42. The maximum absolute atomic E-state index is 13.9. The molecule has 3 aliphatic heterocycles. The molecule has 3 N–H and O–H groups in total. The Labute approximate surface area is 219 Å². The molecule has 4 heterocycles. The van der Waals surface area contributed by atoms with Crippen LogP contribution in [0.25, 0.3) is 11.0 Å². The number of para-hydroxylation sites is 2. The van der Waals surface area contributed by atoms with E-state index in [1.54, 1.807) is 16.8 Å². The number of carbonyl (C=O) groups excluding carboxylic acids is 3. The van der Waals surface area contributed by atoms with Crippen LogP contribution in [0.15, 0.2) is 54.6 Å². The highest BCUT2D eigenvalue weighted by Gasteiger charge is 2.78. The number of carbonyl (C=O) groups is 3. The van der Waals surface area contributed by atoms with Gasteiger partial charge in [-0.25, -0.2) is 4.68 Å². The molecule has 0 aliphatic carbocycles. The molecule has 11 nitrogen and oxygen atoms in total. The van der Waals surface area contributed by atoms with Crippen molar-refractivity contribution in [2.75, 3.05) is 18.5 Å². The molecule has 3 saturated heterocycles. The number of anilines is 1. The van der Waals surface area contributed by atoms with Gasteiger partial charge in [0, 0.05) is 12.2 Å². The Bertz CT molecular complexity index is 1390. The van der Waals surface area contributed by atoms with E-state index in [9.17, 15) is 19.5 Å². The van der Waals surface area contributed by atoms with E-state index in [1.165, 1.54) is 4.90 Å². The van der Waals surface area contributed by atoms with Crippen LogP contribution in [0, 0.1) is 11.8 Å². The van der Waals surface area contributed by atoms with E-state index in [1.807, 2.05) is 49.4 Å². The molecule has 3 fully saturated rings. The third-order valence-corrected chi connectivity index (χ3v) is 8.42. The molecule has 6 rings (SSSR count). The number of nitrogens with one attached hydrogen (secondary N) is 2. The summed E-state index contributed by atoms with van der Waals surface area (Å²) in [5.74, 6) is -2.63. The molecule has 3 aromatic rings. The molecule has 38 heavy (non-hydrogen) atoms. The normalized spacial score (nSPS) is 29.6. The molecule has 0 radical (unpaired) electrons. The fourth-order valence-electron chi connectivity index (χ4n) is 6.79. The topological polar surface area (TPSA) is 139 Å². The molecule has 198 valence electrons. The number of aliphatic hydroxyl groups is 1. The maximum atomic E-state index is 13.9. The Morgan fingerprint density at radius 1 is 1.11 bits per heavy atom. The van der Waals surface area contributed by atoms with Crippen LogP contribution >= 0.6 is 0 Å².